The van der Waals surface area contributed by atoms with Crippen molar-refractivity contribution in [2.24, 2.45) is 0 Å². The first-order chi connectivity index (χ1) is 9.13. The molecular formula is C15H20N2O2. The highest BCUT2D eigenvalue weighted by Crippen LogP contribution is 2.20. The number of carbonyl (C=O) groups excluding carboxylic acids is 1. The van der Waals surface area contributed by atoms with Crippen LogP contribution in [0, 0.1) is 18.3 Å². The second-order valence-electron chi connectivity index (χ2n) is 4.35. The summed E-state index contributed by atoms with van der Waals surface area (Å²) >= 11 is 0. The second kappa shape index (κ2) is 7.42. The van der Waals surface area contributed by atoms with E-state index in [1.165, 1.54) is 0 Å². The Morgan fingerprint density at radius 3 is 2.79 bits per heavy atom. The lowest BCUT2D eigenvalue weighted by molar-refractivity contribution is -0.144. The molecule has 0 aromatic heterocycles. The largest absolute Gasteiger partial charge is 0.464 e. The van der Waals surface area contributed by atoms with Crippen molar-refractivity contribution < 1.29 is 9.53 Å². The number of ether oxygens (including phenoxy) is 1. The maximum Gasteiger partial charge on any atom is 0.328 e. The average Bonchev–Trinajstić information content (AvgIpc) is 2.38. The van der Waals surface area contributed by atoms with Crippen LogP contribution in [0.4, 0.5) is 5.69 Å². The maximum atomic E-state index is 11.9. The number of benzene rings is 1. The smallest absolute Gasteiger partial charge is 0.328 e. The third-order valence-electron chi connectivity index (χ3n) is 2.86. The number of hydrogen-bond acceptors (Lipinski definition) is 4. The predicted molar refractivity (Wildman–Crippen MR) is 74.8 cm³/mol. The van der Waals surface area contributed by atoms with E-state index in [1.54, 1.807) is 6.92 Å². The Kier molecular flexibility index (Phi) is 5.87. The lowest BCUT2D eigenvalue weighted by atomic mass is 10.1. The molecule has 0 radical (unpaired) electrons. The normalized spacial score (nSPS) is 11.5. The summed E-state index contributed by atoms with van der Waals surface area (Å²) in [6.07, 6.45) is 1.54. The SMILES string of the molecule is CCCC(Nc1cccc(C)c1C#N)C(=O)OCC. The summed E-state index contributed by atoms with van der Waals surface area (Å²) in [6.45, 7) is 6.03. The number of nitrogens with one attached hydrogen (secondary N) is 1. The summed E-state index contributed by atoms with van der Waals surface area (Å²) in [5.74, 6) is -0.269. The van der Waals surface area contributed by atoms with Crippen LogP contribution in [-0.2, 0) is 9.53 Å². The van der Waals surface area contributed by atoms with Crippen LogP contribution < -0.4 is 5.32 Å². The Morgan fingerprint density at radius 1 is 1.47 bits per heavy atom. The van der Waals surface area contributed by atoms with Gasteiger partial charge in [-0.15, -0.1) is 0 Å². The second-order valence-corrected chi connectivity index (χ2v) is 4.35. The molecule has 19 heavy (non-hydrogen) atoms. The van der Waals surface area contributed by atoms with E-state index in [1.807, 2.05) is 32.0 Å². The van der Waals surface area contributed by atoms with Crippen molar-refractivity contribution in [2.75, 3.05) is 11.9 Å². The molecule has 1 unspecified atom stereocenters. The summed E-state index contributed by atoms with van der Waals surface area (Å²) in [5, 5.41) is 12.3. The zero-order valence-corrected chi connectivity index (χ0v) is 11.7. The number of anilines is 1. The number of aryl methyl sites for hydroxylation is 1. The number of rotatable bonds is 6. The van der Waals surface area contributed by atoms with Crippen LogP contribution in [-0.4, -0.2) is 18.6 Å². The van der Waals surface area contributed by atoms with Crippen molar-refractivity contribution in [3.8, 4) is 6.07 Å². The number of nitriles is 1. The molecule has 1 aromatic carbocycles. The molecule has 0 aliphatic carbocycles. The lowest BCUT2D eigenvalue weighted by Crippen LogP contribution is -2.31. The van der Waals surface area contributed by atoms with Gasteiger partial charge in [-0.2, -0.15) is 5.26 Å². The zero-order chi connectivity index (χ0) is 14.3. The Labute approximate surface area is 114 Å². The van der Waals surface area contributed by atoms with E-state index in [0.29, 0.717) is 24.3 Å². The van der Waals surface area contributed by atoms with Crippen LogP contribution in [0.2, 0.25) is 0 Å². The lowest BCUT2D eigenvalue weighted by Gasteiger charge is -2.19. The first kappa shape index (κ1) is 15.0. The molecule has 0 amide bonds. The molecule has 4 heteroatoms. The van der Waals surface area contributed by atoms with Gasteiger partial charge in [0.15, 0.2) is 0 Å². The van der Waals surface area contributed by atoms with E-state index in [-0.39, 0.29) is 5.97 Å². The fraction of sp³-hybridized carbons (Fsp3) is 0.467. The Morgan fingerprint density at radius 2 is 2.21 bits per heavy atom. The molecule has 4 nitrogen and oxygen atoms in total. The van der Waals surface area contributed by atoms with Crippen LogP contribution in [0.1, 0.15) is 37.8 Å². The van der Waals surface area contributed by atoms with Gasteiger partial charge in [0.2, 0.25) is 0 Å². The van der Waals surface area contributed by atoms with Crippen molar-refractivity contribution in [2.45, 2.75) is 39.7 Å². The molecular weight excluding hydrogens is 240 g/mol. The summed E-state index contributed by atoms with van der Waals surface area (Å²) < 4.78 is 5.05. The van der Waals surface area contributed by atoms with Crippen molar-refractivity contribution in [3.63, 3.8) is 0 Å². The molecule has 0 bridgehead atoms. The van der Waals surface area contributed by atoms with Crippen molar-refractivity contribution in [3.05, 3.63) is 29.3 Å². The molecule has 0 fully saturated rings. The minimum absolute atomic E-state index is 0.269. The number of hydrogen-bond donors (Lipinski definition) is 1. The fourth-order valence-electron chi connectivity index (χ4n) is 1.90. The van der Waals surface area contributed by atoms with Gasteiger partial charge >= 0.3 is 5.97 Å². The molecule has 0 aliphatic heterocycles. The van der Waals surface area contributed by atoms with E-state index in [2.05, 4.69) is 11.4 Å². The van der Waals surface area contributed by atoms with Crippen molar-refractivity contribution in [1.82, 2.24) is 0 Å². The molecule has 0 saturated heterocycles. The molecule has 1 aromatic rings. The Balaban J connectivity index is 2.94. The standard InChI is InChI=1S/C15H20N2O2/c1-4-7-14(15(18)19-5-2)17-13-9-6-8-11(3)12(13)10-16/h6,8-9,14,17H,4-5,7H2,1-3H3. The first-order valence-corrected chi connectivity index (χ1v) is 6.56. The van der Waals surface area contributed by atoms with Gasteiger partial charge in [0.05, 0.1) is 17.9 Å². The topological polar surface area (TPSA) is 62.1 Å². The van der Waals surface area contributed by atoms with Crippen LogP contribution in [0.25, 0.3) is 0 Å². The molecule has 102 valence electrons. The van der Waals surface area contributed by atoms with Crippen molar-refractivity contribution >= 4 is 11.7 Å². The molecule has 0 saturated carbocycles. The first-order valence-electron chi connectivity index (χ1n) is 6.56. The van der Waals surface area contributed by atoms with Gasteiger partial charge in [0, 0.05) is 0 Å². The fourth-order valence-corrected chi connectivity index (χ4v) is 1.90. The van der Waals surface area contributed by atoms with E-state index < -0.39 is 6.04 Å². The van der Waals surface area contributed by atoms with Crippen LogP contribution in [0.15, 0.2) is 18.2 Å². The molecule has 0 heterocycles. The Bertz CT molecular complexity index is 478. The highest BCUT2D eigenvalue weighted by atomic mass is 16.5. The van der Waals surface area contributed by atoms with Gasteiger partial charge in [0.1, 0.15) is 12.1 Å². The number of carbonyl (C=O) groups is 1. The van der Waals surface area contributed by atoms with E-state index >= 15 is 0 Å². The van der Waals surface area contributed by atoms with Gasteiger partial charge < -0.3 is 10.1 Å². The summed E-state index contributed by atoms with van der Waals surface area (Å²) in [6, 6.07) is 7.32. The third kappa shape index (κ3) is 3.99. The van der Waals surface area contributed by atoms with Gasteiger partial charge in [-0.05, 0) is 31.9 Å². The van der Waals surface area contributed by atoms with Gasteiger partial charge in [-0.3, -0.25) is 0 Å². The molecule has 0 aliphatic rings. The molecule has 1 rings (SSSR count). The van der Waals surface area contributed by atoms with E-state index in [4.69, 9.17) is 4.74 Å². The minimum atomic E-state index is -0.404. The summed E-state index contributed by atoms with van der Waals surface area (Å²) in [4.78, 5) is 11.9. The average molecular weight is 260 g/mol. The zero-order valence-electron chi connectivity index (χ0n) is 11.7. The predicted octanol–water partition coefficient (Wildman–Crippen LogP) is 3.01. The molecule has 1 atom stereocenters. The van der Waals surface area contributed by atoms with Gasteiger partial charge in [-0.1, -0.05) is 25.5 Å². The maximum absolute atomic E-state index is 11.9. The highest BCUT2D eigenvalue weighted by Gasteiger charge is 2.20. The Hall–Kier alpha value is -2.02. The third-order valence-corrected chi connectivity index (χ3v) is 2.86. The molecule has 0 spiro atoms. The summed E-state index contributed by atoms with van der Waals surface area (Å²) in [7, 11) is 0. The quantitative estimate of drug-likeness (QED) is 0.799. The van der Waals surface area contributed by atoms with Crippen molar-refractivity contribution in [1.29, 1.82) is 5.26 Å². The number of esters is 1. The van der Waals surface area contributed by atoms with E-state index in [9.17, 15) is 10.1 Å². The monoisotopic (exact) mass is 260 g/mol. The van der Waals surface area contributed by atoms with E-state index in [0.717, 1.165) is 12.0 Å². The summed E-state index contributed by atoms with van der Waals surface area (Å²) in [5.41, 5.74) is 2.16. The van der Waals surface area contributed by atoms with Crippen LogP contribution in [0.3, 0.4) is 0 Å². The number of nitrogens with zero attached hydrogens (tertiary/aromatic N) is 1. The van der Waals surface area contributed by atoms with Crippen LogP contribution >= 0.6 is 0 Å². The molecule has 1 N–H and O–H groups in total. The highest BCUT2D eigenvalue weighted by molar-refractivity contribution is 5.80. The van der Waals surface area contributed by atoms with Gasteiger partial charge in [0.25, 0.3) is 0 Å². The van der Waals surface area contributed by atoms with Crippen LogP contribution in [0.5, 0.6) is 0 Å². The van der Waals surface area contributed by atoms with Gasteiger partial charge in [-0.25, -0.2) is 4.79 Å². The minimum Gasteiger partial charge on any atom is -0.464 e.